The van der Waals surface area contributed by atoms with Crippen LogP contribution in [0.25, 0.3) is 76.8 Å². The van der Waals surface area contributed by atoms with Crippen LogP contribution in [0.15, 0.2) is 267 Å². The zero-order chi connectivity index (χ0) is 45.7. The number of hydrogen-bond acceptors (Lipinski definition) is 3. The summed E-state index contributed by atoms with van der Waals surface area (Å²) in [4.78, 5) is 4.79. The number of para-hydroxylation sites is 2. The van der Waals surface area contributed by atoms with E-state index in [1.165, 1.54) is 27.6 Å². The predicted molar refractivity (Wildman–Crippen MR) is 290 cm³/mol. The molecule has 0 atom stereocenters. The van der Waals surface area contributed by atoms with Crippen molar-refractivity contribution >= 4 is 66.4 Å². The molecular formula is C66H44N2O. The molecule has 13 rings (SSSR count). The summed E-state index contributed by atoms with van der Waals surface area (Å²) < 4.78 is 7.19. The topological polar surface area (TPSA) is 15.7 Å². The third kappa shape index (κ3) is 7.25. The molecule has 0 saturated carbocycles. The molecule has 0 aliphatic carbocycles. The van der Waals surface area contributed by atoms with Crippen LogP contribution in [0.5, 0.6) is 11.5 Å². The molecule has 1 aliphatic heterocycles. The van der Waals surface area contributed by atoms with Crippen molar-refractivity contribution in [2.24, 2.45) is 0 Å². The molecule has 3 heteroatoms. The van der Waals surface area contributed by atoms with E-state index < -0.39 is 0 Å². The summed E-state index contributed by atoms with van der Waals surface area (Å²) in [6.45, 7) is 0. The van der Waals surface area contributed by atoms with Crippen molar-refractivity contribution in [3.05, 3.63) is 267 Å². The average Bonchev–Trinajstić information content (AvgIpc) is 3.42. The molecule has 0 aromatic heterocycles. The Bertz CT molecular complexity index is 3730. The lowest BCUT2D eigenvalue weighted by atomic mass is 9.91. The van der Waals surface area contributed by atoms with Crippen LogP contribution in [0.2, 0.25) is 0 Å². The Hall–Kier alpha value is -9.18. The van der Waals surface area contributed by atoms with Gasteiger partial charge < -0.3 is 14.5 Å². The van der Waals surface area contributed by atoms with Crippen molar-refractivity contribution in [1.29, 1.82) is 0 Å². The van der Waals surface area contributed by atoms with Crippen LogP contribution in [0.1, 0.15) is 0 Å². The Morgan fingerprint density at radius 2 is 0.638 bits per heavy atom. The van der Waals surface area contributed by atoms with Crippen molar-refractivity contribution in [3.8, 4) is 56.0 Å². The minimum absolute atomic E-state index is 0.840. The Kier molecular flexibility index (Phi) is 9.84. The van der Waals surface area contributed by atoms with Gasteiger partial charge in [0.1, 0.15) is 11.5 Å². The minimum atomic E-state index is 0.840. The molecular weight excluding hydrogens is 837 g/mol. The number of anilines is 6. The van der Waals surface area contributed by atoms with Gasteiger partial charge in [0.05, 0.1) is 11.4 Å². The largest absolute Gasteiger partial charge is 0.456 e. The van der Waals surface area contributed by atoms with Gasteiger partial charge in [0.2, 0.25) is 0 Å². The molecule has 0 amide bonds. The van der Waals surface area contributed by atoms with E-state index in [-0.39, 0.29) is 0 Å². The standard InChI is InChI=1S/C66H44N2O/c1-7-20-45(21-8-1)51-36-52(46-22-9-2-10-23-46)40-57(39-51)67(55-28-15-5-16-29-55)59-38-49-34-35-50-43-61(60-32-19-33-62-66(60)65(50)64(49)63(44-59)69-62)68(56-30-17-6-18-31-56)58-41-53(47-24-11-3-12-25-47)37-54(42-58)48-26-13-4-14-27-48/h1-44H. The second-order valence-electron chi connectivity index (χ2n) is 17.7. The van der Waals surface area contributed by atoms with Gasteiger partial charge in [-0.05, 0) is 134 Å². The van der Waals surface area contributed by atoms with Crippen molar-refractivity contribution in [3.63, 3.8) is 0 Å². The molecule has 0 unspecified atom stereocenters. The van der Waals surface area contributed by atoms with Crippen LogP contribution in [0.3, 0.4) is 0 Å². The van der Waals surface area contributed by atoms with Gasteiger partial charge in [-0.25, -0.2) is 0 Å². The Morgan fingerprint density at radius 1 is 0.232 bits per heavy atom. The maximum Gasteiger partial charge on any atom is 0.138 e. The molecule has 0 saturated heterocycles. The second kappa shape index (κ2) is 16.9. The molecule has 0 fully saturated rings. The number of benzene rings is 12. The van der Waals surface area contributed by atoms with Gasteiger partial charge >= 0.3 is 0 Å². The van der Waals surface area contributed by atoms with E-state index in [0.717, 1.165) is 94.8 Å². The van der Waals surface area contributed by atoms with Crippen molar-refractivity contribution in [2.45, 2.75) is 0 Å². The second-order valence-corrected chi connectivity index (χ2v) is 17.7. The zero-order valence-electron chi connectivity index (χ0n) is 37.7. The molecule has 0 radical (unpaired) electrons. The van der Waals surface area contributed by atoms with Crippen LogP contribution in [-0.4, -0.2) is 0 Å². The van der Waals surface area contributed by atoms with Crippen LogP contribution < -0.4 is 14.5 Å². The highest BCUT2D eigenvalue weighted by Gasteiger charge is 2.27. The smallest absolute Gasteiger partial charge is 0.138 e. The monoisotopic (exact) mass is 880 g/mol. The third-order valence-electron chi connectivity index (χ3n) is 13.5. The molecule has 324 valence electrons. The molecule has 3 nitrogen and oxygen atoms in total. The normalized spacial score (nSPS) is 11.6. The molecule has 12 aromatic carbocycles. The Balaban J connectivity index is 1.02. The Morgan fingerprint density at radius 3 is 1.12 bits per heavy atom. The summed E-state index contributed by atoms with van der Waals surface area (Å²) in [6, 6.07) is 96.0. The lowest BCUT2D eigenvalue weighted by Crippen LogP contribution is -2.12. The van der Waals surface area contributed by atoms with E-state index in [0.29, 0.717) is 0 Å². The number of rotatable bonds is 10. The van der Waals surface area contributed by atoms with E-state index in [1.807, 2.05) is 0 Å². The van der Waals surface area contributed by atoms with Crippen LogP contribution >= 0.6 is 0 Å². The predicted octanol–water partition coefficient (Wildman–Crippen LogP) is 18.9. The third-order valence-corrected chi connectivity index (χ3v) is 13.5. The number of ether oxygens (including phenoxy) is 1. The highest BCUT2D eigenvalue weighted by atomic mass is 16.5. The molecule has 12 aromatic rings. The fourth-order valence-corrected chi connectivity index (χ4v) is 10.3. The van der Waals surface area contributed by atoms with E-state index in [4.69, 9.17) is 4.74 Å². The lowest BCUT2D eigenvalue weighted by Gasteiger charge is -2.31. The fourth-order valence-electron chi connectivity index (χ4n) is 10.3. The van der Waals surface area contributed by atoms with Crippen LogP contribution in [0, 0.1) is 0 Å². The SMILES string of the molecule is c1ccc(-c2cc(-c3ccccc3)cc(N(c3ccccc3)c3cc4c5c(ccc6cc(N(c7ccccc7)c7cc(-c8ccccc8)cc(-c8ccccc8)c7)c7cccc(c7c65)O4)c3)c2)cc1. The first-order valence-electron chi connectivity index (χ1n) is 23.6. The van der Waals surface area contributed by atoms with Gasteiger partial charge in [-0.2, -0.15) is 0 Å². The lowest BCUT2D eigenvalue weighted by molar-refractivity contribution is 0.493. The van der Waals surface area contributed by atoms with Crippen LogP contribution in [-0.2, 0) is 0 Å². The Labute approximate surface area is 402 Å². The van der Waals surface area contributed by atoms with E-state index in [9.17, 15) is 0 Å². The molecule has 69 heavy (non-hydrogen) atoms. The van der Waals surface area contributed by atoms with E-state index in [2.05, 4.69) is 277 Å². The first kappa shape index (κ1) is 40.1. The summed E-state index contributed by atoms with van der Waals surface area (Å²) in [7, 11) is 0. The van der Waals surface area contributed by atoms with Gasteiger partial charge in [-0.15, -0.1) is 0 Å². The average molecular weight is 881 g/mol. The summed E-state index contributed by atoms with van der Waals surface area (Å²) >= 11 is 0. The first-order chi connectivity index (χ1) is 34.2. The summed E-state index contributed by atoms with van der Waals surface area (Å²) in [6.07, 6.45) is 0. The van der Waals surface area contributed by atoms with Gasteiger partial charge in [0.15, 0.2) is 0 Å². The maximum absolute atomic E-state index is 7.19. The highest BCUT2D eigenvalue weighted by Crippen LogP contribution is 2.53. The summed E-state index contributed by atoms with van der Waals surface area (Å²) in [5.41, 5.74) is 15.6. The molecule has 0 N–H and O–H groups in total. The first-order valence-corrected chi connectivity index (χ1v) is 23.6. The van der Waals surface area contributed by atoms with Crippen LogP contribution in [0.4, 0.5) is 34.1 Å². The number of nitrogens with zero attached hydrogens (tertiary/aromatic N) is 2. The van der Waals surface area contributed by atoms with Gasteiger partial charge in [0.25, 0.3) is 0 Å². The van der Waals surface area contributed by atoms with Gasteiger partial charge in [-0.3, -0.25) is 0 Å². The minimum Gasteiger partial charge on any atom is -0.456 e. The van der Waals surface area contributed by atoms with E-state index in [1.54, 1.807) is 0 Å². The quantitative estimate of drug-likeness (QED) is 0.127. The van der Waals surface area contributed by atoms with Gasteiger partial charge in [0, 0.05) is 50.4 Å². The molecule has 0 spiro atoms. The van der Waals surface area contributed by atoms with Crippen molar-refractivity contribution < 1.29 is 4.74 Å². The fraction of sp³-hybridized carbons (Fsp3) is 0. The summed E-state index contributed by atoms with van der Waals surface area (Å²) in [5, 5.41) is 6.82. The zero-order valence-corrected chi connectivity index (χ0v) is 37.7. The van der Waals surface area contributed by atoms with Crippen molar-refractivity contribution in [1.82, 2.24) is 0 Å². The summed E-state index contributed by atoms with van der Waals surface area (Å²) in [5.74, 6) is 1.68. The maximum atomic E-state index is 7.19. The number of hydrogen-bond donors (Lipinski definition) is 0. The molecule has 1 aliphatic rings. The van der Waals surface area contributed by atoms with E-state index >= 15 is 0 Å². The van der Waals surface area contributed by atoms with Gasteiger partial charge in [-0.1, -0.05) is 182 Å². The molecule has 1 heterocycles. The highest BCUT2D eigenvalue weighted by molar-refractivity contribution is 6.28. The van der Waals surface area contributed by atoms with Crippen molar-refractivity contribution in [2.75, 3.05) is 9.80 Å². The molecule has 0 bridgehead atoms.